The van der Waals surface area contributed by atoms with Crippen molar-refractivity contribution in [1.29, 1.82) is 0 Å². The fourth-order valence-corrected chi connectivity index (χ4v) is 3.41. The molecule has 1 aromatic heterocycles. The second kappa shape index (κ2) is 8.05. The molecule has 30 heavy (non-hydrogen) atoms. The molecular formula is C26H19N3O. The van der Waals surface area contributed by atoms with Crippen LogP contribution in [0.15, 0.2) is 108 Å². The average Bonchev–Trinajstić information content (AvgIpc) is 2.79. The first-order chi connectivity index (χ1) is 14.9. The largest absolute Gasteiger partial charge is 0.457 e. The lowest BCUT2D eigenvalue weighted by molar-refractivity contribution is 0.482. The van der Waals surface area contributed by atoms with Crippen LogP contribution in [0.4, 0.5) is 5.69 Å². The number of nitrogens with one attached hydrogen (secondary N) is 1. The van der Waals surface area contributed by atoms with Gasteiger partial charge in [0.1, 0.15) is 11.5 Å². The summed E-state index contributed by atoms with van der Waals surface area (Å²) in [6.45, 7) is 0. The third-order valence-corrected chi connectivity index (χ3v) is 4.81. The Hall–Kier alpha value is -4.18. The second-order valence-corrected chi connectivity index (χ2v) is 6.88. The Balaban J connectivity index is 1.43. The zero-order chi connectivity index (χ0) is 20.2. The van der Waals surface area contributed by atoms with Gasteiger partial charge in [-0.1, -0.05) is 66.7 Å². The molecule has 144 valence electrons. The Morgan fingerprint density at radius 1 is 0.667 bits per heavy atom. The minimum atomic E-state index is 0.768. The standard InChI is InChI=1S/C26H19N3O/c1-2-10-20(11-3-1)30-21-12-8-9-19(17-21)18-27-29-26-22-13-4-6-15-24(22)28-25-16-7-5-14-23(25)26/h1-18H,(H,28,29)/b27-18+. The Bertz CT molecular complexity index is 1290. The van der Waals surface area contributed by atoms with Crippen molar-refractivity contribution < 1.29 is 4.74 Å². The van der Waals surface area contributed by atoms with Crippen LogP contribution in [0.3, 0.4) is 0 Å². The van der Waals surface area contributed by atoms with E-state index in [9.17, 15) is 0 Å². The van der Waals surface area contributed by atoms with E-state index in [1.807, 2.05) is 91.0 Å². The fourth-order valence-electron chi connectivity index (χ4n) is 3.41. The lowest BCUT2D eigenvalue weighted by Gasteiger charge is -2.10. The van der Waals surface area contributed by atoms with E-state index in [-0.39, 0.29) is 0 Å². The average molecular weight is 389 g/mol. The van der Waals surface area contributed by atoms with Crippen LogP contribution in [0, 0.1) is 0 Å². The first-order valence-corrected chi connectivity index (χ1v) is 9.76. The van der Waals surface area contributed by atoms with E-state index >= 15 is 0 Å². The maximum absolute atomic E-state index is 5.91. The van der Waals surface area contributed by atoms with Crippen molar-refractivity contribution in [2.75, 3.05) is 5.43 Å². The van der Waals surface area contributed by atoms with E-state index in [4.69, 9.17) is 9.72 Å². The predicted molar refractivity (Wildman–Crippen MR) is 123 cm³/mol. The van der Waals surface area contributed by atoms with E-state index < -0.39 is 0 Å². The van der Waals surface area contributed by atoms with Gasteiger partial charge in [-0.25, -0.2) is 4.98 Å². The molecule has 5 rings (SSSR count). The number of hydrogen-bond acceptors (Lipinski definition) is 4. The highest BCUT2D eigenvalue weighted by Crippen LogP contribution is 2.30. The highest BCUT2D eigenvalue weighted by atomic mass is 16.5. The van der Waals surface area contributed by atoms with Crippen LogP contribution >= 0.6 is 0 Å². The topological polar surface area (TPSA) is 46.5 Å². The van der Waals surface area contributed by atoms with Crippen molar-refractivity contribution in [3.63, 3.8) is 0 Å². The van der Waals surface area contributed by atoms with Crippen LogP contribution in [0.5, 0.6) is 11.5 Å². The summed E-state index contributed by atoms with van der Waals surface area (Å²) >= 11 is 0. The van der Waals surface area contributed by atoms with Crippen LogP contribution in [0.1, 0.15) is 5.56 Å². The van der Waals surface area contributed by atoms with Gasteiger partial charge in [0.05, 0.1) is 22.9 Å². The molecule has 1 N–H and O–H groups in total. The van der Waals surface area contributed by atoms with Gasteiger partial charge < -0.3 is 4.74 Å². The van der Waals surface area contributed by atoms with Crippen molar-refractivity contribution in [2.24, 2.45) is 5.10 Å². The number of hydrogen-bond donors (Lipinski definition) is 1. The Morgan fingerprint density at radius 3 is 2.03 bits per heavy atom. The summed E-state index contributed by atoms with van der Waals surface area (Å²) in [5, 5.41) is 6.58. The van der Waals surface area contributed by atoms with Crippen LogP contribution in [0.2, 0.25) is 0 Å². The first kappa shape index (κ1) is 17.9. The SMILES string of the molecule is C(=N\Nc1c2ccccc2nc2ccccc12)/c1cccc(Oc2ccccc2)c1. The molecule has 4 nitrogen and oxygen atoms in total. The molecule has 0 fully saturated rings. The molecule has 0 atom stereocenters. The normalized spacial score (nSPS) is 11.2. The summed E-state index contributed by atoms with van der Waals surface area (Å²) in [6, 6.07) is 33.7. The number of pyridine rings is 1. The molecule has 4 heteroatoms. The van der Waals surface area contributed by atoms with Gasteiger partial charge in [-0.05, 0) is 42.0 Å². The number of aromatic nitrogens is 1. The van der Waals surface area contributed by atoms with Crippen molar-refractivity contribution >= 4 is 33.7 Å². The summed E-state index contributed by atoms with van der Waals surface area (Å²) in [5.41, 5.74) is 7.00. The van der Waals surface area contributed by atoms with Crippen LogP contribution < -0.4 is 10.2 Å². The van der Waals surface area contributed by atoms with E-state index in [1.54, 1.807) is 6.21 Å². The van der Waals surface area contributed by atoms with Crippen molar-refractivity contribution in [3.05, 3.63) is 109 Å². The molecule has 0 aliphatic carbocycles. The van der Waals surface area contributed by atoms with Gasteiger partial charge in [-0.2, -0.15) is 5.10 Å². The molecule has 0 amide bonds. The number of fused-ring (bicyclic) bond motifs is 2. The number of rotatable bonds is 5. The highest BCUT2D eigenvalue weighted by molar-refractivity contribution is 6.07. The molecule has 0 unspecified atom stereocenters. The molecule has 0 saturated heterocycles. The predicted octanol–water partition coefficient (Wildman–Crippen LogP) is 6.63. The fraction of sp³-hybridized carbons (Fsp3) is 0. The van der Waals surface area contributed by atoms with Gasteiger partial charge in [0.2, 0.25) is 0 Å². The molecule has 0 spiro atoms. The monoisotopic (exact) mass is 389 g/mol. The van der Waals surface area contributed by atoms with Crippen LogP contribution in [-0.4, -0.2) is 11.2 Å². The minimum absolute atomic E-state index is 0.768. The number of benzene rings is 4. The Labute approximate surface area is 174 Å². The van der Waals surface area contributed by atoms with E-state index in [0.29, 0.717) is 0 Å². The molecule has 0 aliphatic rings. The smallest absolute Gasteiger partial charge is 0.128 e. The number of para-hydroxylation sites is 3. The first-order valence-electron chi connectivity index (χ1n) is 9.76. The molecular weight excluding hydrogens is 370 g/mol. The summed E-state index contributed by atoms with van der Waals surface area (Å²) in [4.78, 5) is 4.75. The highest BCUT2D eigenvalue weighted by Gasteiger charge is 2.07. The van der Waals surface area contributed by atoms with Gasteiger partial charge >= 0.3 is 0 Å². The minimum Gasteiger partial charge on any atom is -0.457 e. The molecule has 0 bridgehead atoms. The number of nitrogens with zero attached hydrogens (tertiary/aromatic N) is 2. The van der Waals surface area contributed by atoms with Gasteiger partial charge in [-0.3, -0.25) is 5.43 Å². The number of ether oxygens (including phenoxy) is 1. The van der Waals surface area contributed by atoms with Crippen molar-refractivity contribution in [3.8, 4) is 11.5 Å². The Kier molecular flexibility index (Phi) is 4.80. The summed E-state index contributed by atoms with van der Waals surface area (Å²) in [5.74, 6) is 1.57. The molecule has 0 saturated carbocycles. The van der Waals surface area contributed by atoms with Gasteiger partial charge in [0, 0.05) is 10.8 Å². The lowest BCUT2D eigenvalue weighted by Crippen LogP contribution is -1.95. The summed E-state index contributed by atoms with van der Waals surface area (Å²) in [6.07, 6.45) is 1.79. The van der Waals surface area contributed by atoms with Gasteiger partial charge in [0.15, 0.2) is 0 Å². The summed E-state index contributed by atoms with van der Waals surface area (Å²) < 4.78 is 5.91. The van der Waals surface area contributed by atoms with Gasteiger partial charge in [0.25, 0.3) is 0 Å². The lowest BCUT2D eigenvalue weighted by atomic mass is 10.1. The zero-order valence-corrected chi connectivity index (χ0v) is 16.2. The third kappa shape index (κ3) is 3.71. The van der Waals surface area contributed by atoms with Crippen LogP contribution in [0.25, 0.3) is 21.8 Å². The van der Waals surface area contributed by atoms with E-state index in [0.717, 1.165) is 44.6 Å². The molecule has 5 aromatic rings. The van der Waals surface area contributed by atoms with Gasteiger partial charge in [-0.15, -0.1) is 0 Å². The quantitative estimate of drug-likeness (QED) is 0.209. The Morgan fingerprint density at radius 2 is 1.30 bits per heavy atom. The van der Waals surface area contributed by atoms with Crippen molar-refractivity contribution in [1.82, 2.24) is 4.98 Å². The number of hydrazone groups is 1. The maximum atomic E-state index is 5.91. The number of anilines is 1. The third-order valence-electron chi connectivity index (χ3n) is 4.81. The summed E-state index contributed by atoms with van der Waals surface area (Å²) in [7, 11) is 0. The molecule has 4 aromatic carbocycles. The maximum Gasteiger partial charge on any atom is 0.128 e. The van der Waals surface area contributed by atoms with E-state index in [2.05, 4.69) is 22.7 Å². The zero-order valence-electron chi connectivity index (χ0n) is 16.2. The van der Waals surface area contributed by atoms with E-state index in [1.165, 1.54) is 0 Å². The van der Waals surface area contributed by atoms with Crippen LogP contribution in [-0.2, 0) is 0 Å². The molecule has 0 radical (unpaired) electrons. The second-order valence-electron chi connectivity index (χ2n) is 6.88. The van der Waals surface area contributed by atoms with Crippen molar-refractivity contribution in [2.45, 2.75) is 0 Å². The molecule has 0 aliphatic heterocycles. The molecule has 1 heterocycles.